The predicted octanol–water partition coefficient (Wildman–Crippen LogP) is 6.39. The van der Waals surface area contributed by atoms with Crippen LogP contribution in [0.2, 0.25) is 5.02 Å². The van der Waals surface area contributed by atoms with E-state index in [-0.39, 0.29) is 5.91 Å². The van der Waals surface area contributed by atoms with Gasteiger partial charge >= 0.3 is 0 Å². The van der Waals surface area contributed by atoms with E-state index < -0.39 is 0 Å². The second-order valence-electron chi connectivity index (χ2n) is 7.58. The number of carbonyl (C=O) groups excluding carboxylic acids is 1. The Morgan fingerprint density at radius 1 is 0.969 bits per heavy atom. The number of anilines is 1. The first-order chi connectivity index (χ1) is 15.4. The smallest absolute Gasteiger partial charge is 0.255 e. The van der Waals surface area contributed by atoms with E-state index >= 15 is 0 Å². The van der Waals surface area contributed by atoms with E-state index in [0.29, 0.717) is 16.3 Å². The average molecular weight is 463 g/mol. The van der Waals surface area contributed by atoms with Gasteiger partial charge in [0.1, 0.15) is 5.82 Å². The van der Waals surface area contributed by atoms with Crippen LogP contribution in [0.3, 0.4) is 0 Å². The summed E-state index contributed by atoms with van der Waals surface area (Å²) in [4.78, 5) is 12.6. The summed E-state index contributed by atoms with van der Waals surface area (Å²) in [5, 5.41) is 13.0. The first-order valence-corrected chi connectivity index (χ1v) is 11.6. The molecule has 1 heterocycles. The molecule has 0 saturated carbocycles. The molecule has 7 heteroatoms. The summed E-state index contributed by atoms with van der Waals surface area (Å²) in [5.74, 6) is 1.38. The van der Waals surface area contributed by atoms with Gasteiger partial charge in [0.2, 0.25) is 0 Å². The monoisotopic (exact) mass is 462 g/mol. The molecule has 162 valence electrons. The Balaban J connectivity index is 1.43. The molecule has 1 N–H and O–H groups in total. The van der Waals surface area contributed by atoms with Crippen molar-refractivity contribution in [3.8, 4) is 5.69 Å². The van der Waals surface area contributed by atoms with Crippen molar-refractivity contribution in [2.45, 2.75) is 31.7 Å². The third-order valence-electron chi connectivity index (χ3n) is 5.21. The Morgan fingerprint density at radius 2 is 1.75 bits per heavy atom. The zero-order valence-corrected chi connectivity index (χ0v) is 19.7. The molecule has 3 aromatic carbocycles. The van der Waals surface area contributed by atoms with Crippen LogP contribution in [0.5, 0.6) is 0 Å². The number of amides is 1. The summed E-state index contributed by atoms with van der Waals surface area (Å²) in [5.41, 5.74) is 5.79. The van der Waals surface area contributed by atoms with Gasteiger partial charge in [0.15, 0.2) is 5.16 Å². The molecule has 1 aromatic heterocycles. The molecular formula is C25H23ClN4OS. The minimum Gasteiger partial charge on any atom is -0.322 e. The van der Waals surface area contributed by atoms with Gasteiger partial charge in [-0.15, -0.1) is 10.2 Å². The van der Waals surface area contributed by atoms with Gasteiger partial charge in [0, 0.05) is 22.0 Å². The Morgan fingerprint density at radius 3 is 2.47 bits per heavy atom. The standard InChI is InChI=1S/C25H23ClN4OS/c1-16-7-12-22(13-17(16)2)27-24(31)20-10-8-19(9-11-20)15-32-25-29-28-18(3)30(25)23-6-4-5-21(26)14-23/h4-14H,15H2,1-3H3,(H,27,31). The third kappa shape index (κ3) is 5.03. The minimum atomic E-state index is -0.121. The van der Waals surface area contributed by atoms with E-state index in [1.54, 1.807) is 11.8 Å². The summed E-state index contributed by atoms with van der Waals surface area (Å²) in [7, 11) is 0. The number of benzene rings is 3. The SMILES string of the molecule is Cc1ccc(NC(=O)c2ccc(CSc3nnc(C)n3-c3cccc(Cl)c3)cc2)cc1C. The van der Waals surface area contributed by atoms with Crippen LogP contribution in [0.1, 0.15) is 32.9 Å². The number of hydrogen-bond acceptors (Lipinski definition) is 4. The number of hydrogen-bond donors (Lipinski definition) is 1. The average Bonchev–Trinajstić information content (AvgIpc) is 3.15. The minimum absolute atomic E-state index is 0.121. The maximum Gasteiger partial charge on any atom is 0.255 e. The van der Waals surface area contributed by atoms with Crippen molar-refractivity contribution in [2.75, 3.05) is 5.32 Å². The fraction of sp³-hybridized carbons (Fsp3) is 0.160. The lowest BCUT2D eigenvalue weighted by molar-refractivity contribution is 0.102. The molecule has 0 aliphatic heterocycles. The summed E-state index contributed by atoms with van der Waals surface area (Å²) >= 11 is 7.74. The topological polar surface area (TPSA) is 59.8 Å². The lowest BCUT2D eigenvalue weighted by atomic mass is 10.1. The molecule has 0 unspecified atom stereocenters. The van der Waals surface area contributed by atoms with Gasteiger partial charge in [-0.3, -0.25) is 9.36 Å². The van der Waals surface area contributed by atoms with Crippen molar-refractivity contribution in [2.24, 2.45) is 0 Å². The summed E-state index contributed by atoms with van der Waals surface area (Å²) < 4.78 is 1.99. The molecule has 4 aromatic rings. The number of nitrogens with zero attached hydrogens (tertiary/aromatic N) is 3. The van der Waals surface area contributed by atoms with E-state index in [1.807, 2.05) is 85.1 Å². The van der Waals surface area contributed by atoms with E-state index in [1.165, 1.54) is 5.56 Å². The lowest BCUT2D eigenvalue weighted by Gasteiger charge is -2.10. The van der Waals surface area contributed by atoms with Crippen molar-refractivity contribution in [3.05, 3.63) is 99.8 Å². The van der Waals surface area contributed by atoms with Crippen LogP contribution >= 0.6 is 23.4 Å². The number of aromatic nitrogens is 3. The summed E-state index contributed by atoms with van der Waals surface area (Å²) in [6.45, 7) is 6.00. The van der Waals surface area contributed by atoms with Gasteiger partial charge in [-0.25, -0.2) is 0 Å². The number of carbonyl (C=O) groups is 1. The zero-order valence-electron chi connectivity index (χ0n) is 18.1. The van der Waals surface area contributed by atoms with Crippen molar-refractivity contribution in [3.63, 3.8) is 0 Å². The second kappa shape index (κ2) is 9.59. The highest BCUT2D eigenvalue weighted by atomic mass is 35.5. The van der Waals surface area contributed by atoms with Gasteiger partial charge in [-0.05, 0) is 79.9 Å². The predicted molar refractivity (Wildman–Crippen MR) is 131 cm³/mol. The van der Waals surface area contributed by atoms with Crippen molar-refractivity contribution < 1.29 is 4.79 Å². The zero-order chi connectivity index (χ0) is 22.7. The van der Waals surface area contributed by atoms with Crippen LogP contribution in [-0.2, 0) is 5.75 Å². The second-order valence-corrected chi connectivity index (χ2v) is 8.96. The molecule has 0 spiro atoms. The molecule has 0 bridgehead atoms. The fourth-order valence-corrected chi connectivity index (χ4v) is 4.41. The van der Waals surface area contributed by atoms with Gasteiger partial charge < -0.3 is 5.32 Å². The Labute approximate surface area is 196 Å². The molecule has 0 atom stereocenters. The van der Waals surface area contributed by atoms with Gasteiger partial charge in [0.25, 0.3) is 5.91 Å². The first kappa shape index (κ1) is 22.1. The van der Waals surface area contributed by atoms with E-state index in [0.717, 1.165) is 33.5 Å². The number of nitrogens with one attached hydrogen (secondary N) is 1. The van der Waals surface area contributed by atoms with Crippen LogP contribution in [0.25, 0.3) is 5.69 Å². The highest BCUT2D eigenvalue weighted by Gasteiger charge is 2.13. The van der Waals surface area contributed by atoms with Gasteiger partial charge in [0.05, 0.1) is 5.69 Å². The molecular weight excluding hydrogens is 440 g/mol. The van der Waals surface area contributed by atoms with Crippen LogP contribution < -0.4 is 5.32 Å². The number of rotatable bonds is 6. The molecule has 0 radical (unpaired) electrons. The maximum absolute atomic E-state index is 12.6. The van der Waals surface area contributed by atoms with Crippen LogP contribution in [0, 0.1) is 20.8 Å². The summed E-state index contributed by atoms with van der Waals surface area (Å²) in [6, 6.07) is 21.2. The third-order valence-corrected chi connectivity index (χ3v) is 6.45. The first-order valence-electron chi connectivity index (χ1n) is 10.2. The van der Waals surface area contributed by atoms with E-state index in [2.05, 4.69) is 22.4 Å². The normalized spacial score (nSPS) is 10.9. The molecule has 0 fully saturated rings. The highest BCUT2D eigenvalue weighted by Crippen LogP contribution is 2.26. The fourth-order valence-electron chi connectivity index (χ4n) is 3.27. The number of thioether (sulfide) groups is 1. The lowest BCUT2D eigenvalue weighted by Crippen LogP contribution is -2.12. The summed E-state index contributed by atoms with van der Waals surface area (Å²) in [6.07, 6.45) is 0. The van der Waals surface area contributed by atoms with Crippen molar-refractivity contribution in [1.29, 1.82) is 0 Å². The molecule has 32 heavy (non-hydrogen) atoms. The molecule has 0 aliphatic rings. The molecule has 0 saturated heterocycles. The van der Waals surface area contributed by atoms with Gasteiger partial charge in [-0.2, -0.15) is 0 Å². The number of halogens is 1. The van der Waals surface area contributed by atoms with Crippen molar-refractivity contribution in [1.82, 2.24) is 14.8 Å². The maximum atomic E-state index is 12.6. The number of aryl methyl sites for hydroxylation is 3. The Hall–Kier alpha value is -3.09. The van der Waals surface area contributed by atoms with Crippen LogP contribution in [0.4, 0.5) is 5.69 Å². The quantitative estimate of drug-likeness (QED) is 0.337. The van der Waals surface area contributed by atoms with E-state index in [4.69, 9.17) is 11.6 Å². The Kier molecular flexibility index (Phi) is 6.63. The largest absolute Gasteiger partial charge is 0.322 e. The van der Waals surface area contributed by atoms with E-state index in [9.17, 15) is 4.79 Å². The van der Waals surface area contributed by atoms with Crippen LogP contribution in [0.15, 0.2) is 71.9 Å². The highest BCUT2D eigenvalue weighted by molar-refractivity contribution is 7.98. The van der Waals surface area contributed by atoms with Gasteiger partial charge in [-0.1, -0.05) is 47.6 Å². The van der Waals surface area contributed by atoms with Crippen molar-refractivity contribution >= 4 is 35.0 Å². The Bertz CT molecular complexity index is 1270. The molecule has 1 amide bonds. The molecule has 5 nitrogen and oxygen atoms in total. The molecule has 4 rings (SSSR count). The molecule has 0 aliphatic carbocycles. The van der Waals surface area contributed by atoms with Crippen LogP contribution in [-0.4, -0.2) is 20.7 Å².